The van der Waals surface area contributed by atoms with Crippen molar-refractivity contribution in [2.45, 2.75) is 32.7 Å². The van der Waals surface area contributed by atoms with Gasteiger partial charge in [-0.2, -0.15) is 0 Å². The van der Waals surface area contributed by atoms with Crippen LogP contribution in [0, 0.1) is 0 Å². The Morgan fingerprint density at radius 2 is 2.06 bits per heavy atom. The number of carbonyl (C=O) groups excluding carboxylic acids is 1. The van der Waals surface area contributed by atoms with Crippen molar-refractivity contribution in [2.75, 3.05) is 13.1 Å². The lowest BCUT2D eigenvalue weighted by atomic mass is 9.95. The second-order valence-corrected chi connectivity index (χ2v) is 4.30. The Morgan fingerprint density at radius 3 is 2.56 bits per heavy atom. The standard InChI is InChI=1S/C11H18N2O3/c1-7-5-9(11(12)16)13(6-8(7)2)4-3-10(14)15/h9H,3-6H2,1-2H3,(H2,12,16)(H,14,15)/t9-/m0/s1. The first-order chi connectivity index (χ1) is 7.41. The molecule has 3 N–H and O–H groups in total. The van der Waals surface area contributed by atoms with Gasteiger partial charge in [-0.05, 0) is 20.3 Å². The fraction of sp³-hybridized carbons (Fsp3) is 0.636. The summed E-state index contributed by atoms with van der Waals surface area (Å²) in [5.74, 6) is -1.23. The highest BCUT2D eigenvalue weighted by Crippen LogP contribution is 2.22. The van der Waals surface area contributed by atoms with Gasteiger partial charge >= 0.3 is 5.97 Å². The van der Waals surface area contributed by atoms with Gasteiger partial charge in [-0.15, -0.1) is 0 Å². The molecule has 0 aromatic carbocycles. The molecule has 1 rings (SSSR count). The van der Waals surface area contributed by atoms with Crippen molar-refractivity contribution >= 4 is 11.9 Å². The first-order valence-electron chi connectivity index (χ1n) is 5.32. The Kier molecular flexibility index (Phi) is 4.06. The summed E-state index contributed by atoms with van der Waals surface area (Å²) >= 11 is 0. The maximum absolute atomic E-state index is 11.3. The van der Waals surface area contributed by atoms with Crippen LogP contribution in [0.4, 0.5) is 0 Å². The Bertz CT molecular complexity index is 336. The van der Waals surface area contributed by atoms with Gasteiger partial charge in [-0.3, -0.25) is 14.5 Å². The molecule has 1 aliphatic heterocycles. The topological polar surface area (TPSA) is 83.6 Å². The zero-order chi connectivity index (χ0) is 12.3. The van der Waals surface area contributed by atoms with Gasteiger partial charge in [0.05, 0.1) is 12.5 Å². The molecule has 0 spiro atoms. The van der Waals surface area contributed by atoms with E-state index in [0.29, 0.717) is 19.5 Å². The van der Waals surface area contributed by atoms with E-state index in [4.69, 9.17) is 10.8 Å². The molecule has 0 unspecified atom stereocenters. The number of primary amides is 1. The number of nitrogens with two attached hydrogens (primary N) is 1. The van der Waals surface area contributed by atoms with Crippen LogP contribution in [0.15, 0.2) is 11.1 Å². The second kappa shape index (κ2) is 5.12. The van der Waals surface area contributed by atoms with Crippen molar-refractivity contribution in [1.29, 1.82) is 0 Å². The predicted molar refractivity (Wildman–Crippen MR) is 59.8 cm³/mol. The van der Waals surface area contributed by atoms with Crippen molar-refractivity contribution in [2.24, 2.45) is 5.73 Å². The lowest BCUT2D eigenvalue weighted by Crippen LogP contribution is -2.48. The molecule has 5 nitrogen and oxygen atoms in total. The largest absolute Gasteiger partial charge is 0.481 e. The molecule has 1 amide bonds. The molecule has 16 heavy (non-hydrogen) atoms. The number of hydrogen-bond donors (Lipinski definition) is 2. The molecule has 0 aromatic rings. The molecule has 0 radical (unpaired) electrons. The van der Waals surface area contributed by atoms with Crippen molar-refractivity contribution in [3.05, 3.63) is 11.1 Å². The average Bonchev–Trinajstić information content (AvgIpc) is 2.18. The molecule has 1 atom stereocenters. The fourth-order valence-electron chi connectivity index (χ4n) is 1.90. The first kappa shape index (κ1) is 12.7. The third kappa shape index (κ3) is 3.06. The van der Waals surface area contributed by atoms with Crippen LogP contribution in [0.1, 0.15) is 26.7 Å². The van der Waals surface area contributed by atoms with Crippen LogP contribution < -0.4 is 5.73 Å². The zero-order valence-electron chi connectivity index (χ0n) is 9.69. The van der Waals surface area contributed by atoms with Crippen LogP contribution in [0.3, 0.4) is 0 Å². The monoisotopic (exact) mass is 226 g/mol. The summed E-state index contributed by atoms with van der Waals surface area (Å²) in [6.07, 6.45) is 0.650. The van der Waals surface area contributed by atoms with Crippen LogP contribution in [0.5, 0.6) is 0 Å². The van der Waals surface area contributed by atoms with Crippen LogP contribution in [0.2, 0.25) is 0 Å². The molecule has 0 aliphatic carbocycles. The molecule has 0 saturated heterocycles. The molecule has 0 fully saturated rings. The zero-order valence-corrected chi connectivity index (χ0v) is 9.69. The quantitative estimate of drug-likeness (QED) is 0.678. The normalized spacial score (nSPS) is 22.2. The summed E-state index contributed by atoms with van der Waals surface area (Å²) in [6.45, 7) is 4.99. The Labute approximate surface area is 94.9 Å². The summed E-state index contributed by atoms with van der Waals surface area (Å²) in [4.78, 5) is 23.6. The maximum Gasteiger partial charge on any atom is 0.304 e. The molecular formula is C11H18N2O3. The van der Waals surface area contributed by atoms with E-state index >= 15 is 0 Å². The SMILES string of the molecule is CC1=C(C)CN(CCC(=O)O)[C@H](C(N)=O)C1. The predicted octanol–water partition coefficient (Wildman–Crippen LogP) is 0.357. The van der Waals surface area contributed by atoms with Gasteiger partial charge in [0.1, 0.15) is 0 Å². The van der Waals surface area contributed by atoms with Crippen LogP contribution in [-0.4, -0.2) is 41.0 Å². The molecule has 0 saturated carbocycles. The third-order valence-corrected chi connectivity index (χ3v) is 3.05. The molecule has 1 heterocycles. The van der Waals surface area contributed by atoms with Gasteiger partial charge in [-0.1, -0.05) is 11.1 Å². The number of hydrogen-bond acceptors (Lipinski definition) is 3. The summed E-state index contributed by atoms with van der Waals surface area (Å²) < 4.78 is 0. The van der Waals surface area contributed by atoms with Gasteiger partial charge in [0.2, 0.25) is 5.91 Å². The summed E-state index contributed by atoms with van der Waals surface area (Å²) in [6, 6.07) is -0.358. The van der Waals surface area contributed by atoms with Crippen molar-refractivity contribution in [3.63, 3.8) is 0 Å². The van der Waals surface area contributed by atoms with Gasteiger partial charge in [0.15, 0.2) is 0 Å². The number of carboxylic acids is 1. The van der Waals surface area contributed by atoms with Gasteiger partial charge in [0, 0.05) is 13.1 Å². The molecule has 0 aromatic heterocycles. The average molecular weight is 226 g/mol. The number of carboxylic acid groups (broad SMARTS) is 1. The second-order valence-electron chi connectivity index (χ2n) is 4.30. The van der Waals surface area contributed by atoms with E-state index in [9.17, 15) is 9.59 Å². The Hall–Kier alpha value is -1.36. The summed E-state index contributed by atoms with van der Waals surface area (Å²) in [5, 5.41) is 8.63. The number of carbonyl (C=O) groups is 2. The molecule has 90 valence electrons. The number of rotatable bonds is 4. The van der Waals surface area contributed by atoms with E-state index in [1.165, 1.54) is 11.1 Å². The number of aliphatic carboxylic acids is 1. The van der Waals surface area contributed by atoms with E-state index in [-0.39, 0.29) is 18.4 Å². The van der Waals surface area contributed by atoms with Crippen LogP contribution in [-0.2, 0) is 9.59 Å². The Morgan fingerprint density at radius 1 is 1.44 bits per heavy atom. The van der Waals surface area contributed by atoms with Gasteiger partial charge in [-0.25, -0.2) is 0 Å². The van der Waals surface area contributed by atoms with E-state index in [1.807, 2.05) is 18.7 Å². The fourth-order valence-corrected chi connectivity index (χ4v) is 1.90. The minimum absolute atomic E-state index is 0.0378. The molecule has 1 aliphatic rings. The summed E-state index contributed by atoms with van der Waals surface area (Å²) in [5.41, 5.74) is 7.69. The minimum Gasteiger partial charge on any atom is -0.481 e. The van der Waals surface area contributed by atoms with Gasteiger partial charge < -0.3 is 10.8 Å². The van der Waals surface area contributed by atoms with E-state index in [0.717, 1.165) is 0 Å². The number of amides is 1. The highest BCUT2D eigenvalue weighted by Gasteiger charge is 2.28. The lowest BCUT2D eigenvalue weighted by Gasteiger charge is -2.34. The number of nitrogens with zero attached hydrogens (tertiary/aromatic N) is 1. The Balaban J connectivity index is 2.72. The van der Waals surface area contributed by atoms with Crippen LogP contribution in [0.25, 0.3) is 0 Å². The highest BCUT2D eigenvalue weighted by atomic mass is 16.4. The highest BCUT2D eigenvalue weighted by molar-refractivity contribution is 5.80. The van der Waals surface area contributed by atoms with Crippen LogP contribution >= 0.6 is 0 Å². The maximum atomic E-state index is 11.3. The smallest absolute Gasteiger partial charge is 0.304 e. The van der Waals surface area contributed by atoms with Gasteiger partial charge in [0.25, 0.3) is 0 Å². The van der Waals surface area contributed by atoms with E-state index < -0.39 is 5.97 Å². The van der Waals surface area contributed by atoms with Crippen molar-refractivity contribution < 1.29 is 14.7 Å². The minimum atomic E-state index is -0.854. The first-order valence-corrected chi connectivity index (χ1v) is 5.32. The molecule has 0 bridgehead atoms. The van der Waals surface area contributed by atoms with Crippen molar-refractivity contribution in [3.8, 4) is 0 Å². The van der Waals surface area contributed by atoms with E-state index in [1.54, 1.807) is 0 Å². The summed E-state index contributed by atoms with van der Waals surface area (Å²) in [7, 11) is 0. The lowest BCUT2D eigenvalue weighted by molar-refractivity contribution is -0.138. The molecule has 5 heteroatoms. The van der Waals surface area contributed by atoms with E-state index in [2.05, 4.69) is 0 Å². The molecular weight excluding hydrogens is 208 g/mol. The third-order valence-electron chi connectivity index (χ3n) is 3.05. The van der Waals surface area contributed by atoms with Crippen molar-refractivity contribution in [1.82, 2.24) is 4.90 Å².